The molecule has 0 radical (unpaired) electrons. The average Bonchev–Trinajstić information content (AvgIpc) is 2.69. The molecule has 20 heavy (non-hydrogen) atoms. The van der Waals surface area contributed by atoms with Gasteiger partial charge in [-0.3, -0.25) is 4.99 Å². The van der Waals surface area contributed by atoms with Gasteiger partial charge in [-0.2, -0.15) is 0 Å². The molecule has 4 nitrogen and oxygen atoms in total. The summed E-state index contributed by atoms with van der Waals surface area (Å²) in [5, 5.41) is 0. The van der Waals surface area contributed by atoms with Gasteiger partial charge in [-0.25, -0.2) is 0 Å². The molecular formula is C16H25N3O. The van der Waals surface area contributed by atoms with Crippen molar-refractivity contribution in [3.8, 4) is 5.75 Å². The van der Waals surface area contributed by atoms with E-state index in [-0.39, 0.29) is 11.6 Å². The molecule has 1 aromatic rings. The van der Waals surface area contributed by atoms with Crippen molar-refractivity contribution in [3.63, 3.8) is 0 Å². The van der Waals surface area contributed by atoms with Crippen molar-refractivity contribution in [1.82, 2.24) is 4.90 Å². The third kappa shape index (κ3) is 2.74. The Morgan fingerprint density at radius 1 is 1.35 bits per heavy atom. The quantitative estimate of drug-likeness (QED) is 0.899. The predicted molar refractivity (Wildman–Crippen MR) is 83.0 cm³/mol. The molecule has 0 saturated heterocycles. The van der Waals surface area contributed by atoms with Crippen LogP contribution in [0.3, 0.4) is 0 Å². The van der Waals surface area contributed by atoms with Crippen molar-refractivity contribution in [2.75, 3.05) is 13.1 Å². The summed E-state index contributed by atoms with van der Waals surface area (Å²) < 4.78 is 5.69. The Kier molecular flexibility index (Phi) is 4.21. The summed E-state index contributed by atoms with van der Waals surface area (Å²) in [5.41, 5.74) is 7.11. The van der Waals surface area contributed by atoms with Crippen molar-refractivity contribution in [3.05, 3.63) is 29.8 Å². The highest BCUT2D eigenvalue weighted by molar-refractivity contribution is 5.81. The zero-order chi connectivity index (χ0) is 14.8. The maximum atomic E-state index is 6.03. The standard InChI is InChI=1S/C16H25N3O/c1-5-10-19-15(17)18-11-16(19,4)13-6-8-14(9-7-13)20-12(2)3/h6-9,12H,5,10-11H2,1-4H3,(H2,17,18). The highest BCUT2D eigenvalue weighted by Crippen LogP contribution is 2.33. The fraction of sp³-hybridized carbons (Fsp3) is 0.562. The Morgan fingerprint density at radius 3 is 2.55 bits per heavy atom. The normalized spacial score (nSPS) is 22.2. The lowest BCUT2D eigenvalue weighted by atomic mass is 9.91. The summed E-state index contributed by atoms with van der Waals surface area (Å²) in [6.45, 7) is 10.1. The van der Waals surface area contributed by atoms with E-state index in [9.17, 15) is 0 Å². The van der Waals surface area contributed by atoms with Gasteiger partial charge in [-0.05, 0) is 44.9 Å². The van der Waals surface area contributed by atoms with Crippen molar-refractivity contribution in [2.24, 2.45) is 10.7 Å². The summed E-state index contributed by atoms with van der Waals surface area (Å²) in [5.74, 6) is 1.55. The van der Waals surface area contributed by atoms with Crippen LogP contribution in [0.5, 0.6) is 5.75 Å². The monoisotopic (exact) mass is 275 g/mol. The zero-order valence-electron chi connectivity index (χ0n) is 12.9. The molecule has 0 bridgehead atoms. The molecule has 0 saturated carbocycles. The van der Waals surface area contributed by atoms with Crippen LogP contribution in [-0.4, -0.2) is 30.1 Å². The van der Waals surface area contributed by atoms with Gasteiger partial charge in [-0.1, -0.05) is 19.1 Å². The van der Waals surface area contributed by atoms with Crippen LogP contribution >= 0.6 is 0 Å². The van der Waals surface area contributed by atoms with E-state index in [0.717, 1.165) is 18.7 Å². The Balaban J connectivity index is 2.21. The lowest BCUT2D eigenvalue weighted by Crippen LogP contribution is -2.47. The molecule has 4 heteroatoms. The van der Waals surface area contributed by atoms with Crippen molar-refractivity contribution >= 4 is 5.96 Å². The fourth-order valence-electron chi connectivity index (χ4n) is 2.66. The Bertz CT molecular complexity index is 481. The van der Waals surface area contributed by atoms with Crippen LogP contribution in [0, 0.1) is 0 Å². The minimum Gasteiger partial charge on any atom is -0.491 e. The van der Waals surface area contributed by atoms with Crippen LogP contribution in [-0.2, 0) is 5.54 Å². The molecule has 0 spiro atoms. The van der Waals surface area contributed by atoms with E-state index in [1.807, 2.05) is 26.0 Å². The molecule has 1 atom stereocenters. The molecule has 1 aliphatic heterocycles. The van der Waals surface area contributed by atoms with Crippen LogP contribution < -0.4 is 10.5 Å². The molecule has 1 aromatic carbocycles. The SMILES string of the molecule is CCCN1C(N)=NCC1(C)c1ccc(OC(C)C)cc1. The lowest BCUT2D eigenvalue weighted by molar-refractivity contribution is 0.223. The van der Waals surface area contributed by atoms with Gasteiger partial charge in [-0.15, -0.1) is 0 Å². The zero-order valence-corrected chi connectivity index (χ0v) is 12.9. The summed E-state index contributed by atoms with van der Waals surface area (Å²) >= 11 is 0. The number of hydrogen-bond acceptors (Lipinski definition) is 4. The lowest BCUT2D eigenvalue weighted by Gasteiger charge is -2.36. The molecule has 0 aliphatic carbocycles. The highest BCUT2D eigenvalue weighted by atomic mass is 16.5. The van der Waals surface area contributed by atoms with Crippen LogP contribution in [0.1, 0.15) is 39.7 Å². The molecule has 0 amide bonds. The van der Waals surface area contributed by atoms with E-state index in [4.69, 9.17) is 10.5 Å². The smallest absolute Gasteiger partial charge is 0.192 e. The number of hydrogen-bond donors (Lipinski definition) is 1. The summed E-state index contributed by atoms with van der Waals surface area (Å²) in [6.07, 6.45) is 1.25. The van der Waals surface area contributed by atoms with Gasteiger partial charge < -0.3 is 15.4 Å². The number of nitrogens with zero attached hydrogens (tertiary/aromatic N) is 2. The first-order chi connectivity index (χ1) is 9.47. The second-order valence-corrected chi connectivity index (χ2v) is 5.79. The van der Waals surface area contributed by atoms with Gasteiger partial charge in [0.15, 0.2) is 5.96 Å². The molecular weight excluding hydrogens is 250 g/mol. The molecule has 1 heterocycles. The van der Waals surface area contributed by atoms with Crippen LogP contribution in [0.15, 0.2) is 29.3 Å². The largest absolute Gasteiger partial charge is 0.491 e. The molecule has 110 valence electrons. The van der Waals surface area contributed by atoms with E-state index in [1.165, 1.54) is 5.56 Å². The van der Waals surface area contributed by atoms with Gasteiger partial charge in [0.1, 0.15) is 5.75 Å². The second-order valence-electron chi connectivity index (χ2n) is 5.79. The Hall–Kier alpha value is -1.71. The fourth-order valence-corrected chi connectivity index (χ4v) is 2.66. The van der Waals surface area contributed by atoms with Crippen LogP contribution in [0.2, 0.25) is 0 Å². The van der Waals surface area contributed by atoms with E-state index in [0.29, 0.717) is 12.5 Å². The first-order valence-corrected chi connectivity index (χ1v) is 7.32. The predicted octanol–water partition coefficient (Wildman–Crippen LogP) is 2.73. The number of aliphatic imine (C=N–C) groups is 1. The minimum atomic E-state index is -0.142. The molecule has 0 aromatic heterocycles. The number of nitrogens with two attached hydrogens (primary N) is 1. The van der Waals surface area contributed by atoms with Crippen LogP contribution in [0.4, 0.5) is 0 Å². The third-order valence-electron chi connectivity index (χ3n) is 3.72. The number of ether oxygens (including phenoxy) is 1. The first kappa shape index (κ1) is 14.7. The van der Waals surface area contributed by atoms with Gasteiger partial charge >= 0.3 is 0 Å². The minimum absolute atomic E-state index is 0.142. The summed E-state index contributed by atoms with van der Waals surface area (Å²) in [7, 11) is 0. The molecule has 0 fully saturated rings. The van der Waals surface area contributed by atoms with E-state index in [1.54, 1.807) is 0 Å². The summed E-state index contributed by atoms with van der Waals surface area (Å²) in [6, 6.07) is 8.29. The van der Waals surface area contributed by atoms with E-state index < -0.39 is 0 Å². The van der Waals surface area contributed by atoms with Crippen molar-refractivity contribution < 1.29 is 4.74 Å². The van der Waals surface area contributed by atoms with E-state index in [2.05, 4.69) is 35.9 Å². The second kappa shape index (κ2) is 5.73. The molecule has 1 aliphatic rings. The topological polar surface area (TPSA) is 50.8 Å². The number of rotatable bonds is 5. The van der Waals surface area contributed by atoms with E-state index >= 15 is 0 Å². The maximum Gasteiger partial charge on any atom is 0.192 e. The summed E-state index contributed by atoms with van der Waals surface area (Å²) in [4.78, 5) is 6.63. The molecule has 2 rings (SSSR count). The first-order valence-electron chi connectivity index (χ1n) is 7.32. The van der Waals surface area contributed by atoms with Gasteiger partial charge in [0.05, 0.1) is 18.2 Å². The van der Waals surface area contributed by atoms with Crippen molar-refractivity contribution in [2.45, 2.75) is 45.8 Å². The molecule has 1 unspecified atom stereocenters. The Morgan fingerprint density at radius 2 is 2.00 bits per heavy atom. The van der Waals surface area contributed by atoms with Crippen LogP contribution in [0.25, 0.3) is 0 Å². The maximum absolute atomic E-state index is 6.03. The van der Waals surface area contributed by atoms with Crippen molar-refractivity contribution in [1.29, 1.82) is 0 Å². The molecule has 2 N–H and O–H groups in total. The number of guanidine groups is 1. The highest BCUT2D eigenvalue weighted by Gasteiger charge is 2.38. The van der Waals surface area contributed by atoms with Gasteiger partial charge in [0, 0.05) is 6.54 Å². The average molecular weight is 275 g/mol. The number of benzene rings is 1. The van der Waals surface area contributed by atoms with Gasteiger partial charge in [0.2, 0.25) is 0 Å². The third-order valence-corrected chi connectivity index (χ3v) is 3.72. The Labute approximate surface area is 121 Å². The van der Waals surface area contributed by atoms with Gasteiger partial charge in [0.25, 0.3) is 0 Å².